The van der Waals surface area contributed by atoms with Gasteiger partial charge in [-0.1, -0.05) is 0 Å². The molecule has 24 heavy (non-hydrogen) atoms. The van der Waals surface area contributed by atoms with Gasteiger partial charge >= 0.3 is 29.6 Å². The molecule has 1 unspecified atom stereocenters. The molecule has 3 rings (SSSR count). The fourth-order valence-corrected chi connectivity index (χ4v) is 3.70. The molecule has 0 amide bonds. The summed E-state index contributed by atoms with van der Waals surface area (Å²) in [4.78, 5) is 1.87. The molecule has 0 spiro atoms. The van der Waals surface area contributed by atoms with E-state index in [1.165, 1.54) is 24.3 Å². The Bertz CT molecular complexity index is 813. The Balaban J connectivity index is 0.00000208. The summed E-state index contributed by atoms with van der Waals surface area (Å²) < 4.78 is 49.8. The monoisotopic (exact) mass is 378 g/mol. The maximum Gasteiger partial charge on any atom is 1.00 e. The van der Waals surface area contributed by atoms with Gasteiger partial charge in [0.2, 0.25) is 0 Å². The molecule has 0 N–H and O–H groups in total. The molecular weight excluding hydrogens is 363 g/mol. The third-order valence-corrected chi connectivity index (χ3v) is 5.23. The minimum absolute atomic E-state index is 0. The van der Waals surface area contributed by atoms with Crippen LogP contribution in [0.25, 0.3) is 0 Å². The zero-order valence-electron chi connectivity index (χ0n) is 13.6. The molecule has 0 saturated carbocycles. The molecule has 1 aromatic carbocycles. The van der Waals surface area contributed by atoms with Crippen LogP contribution < -0.4 is 43.8 Å². The second-order valence-electron chi connectivity index (χ2n) is 5.16. The summed E-state index contributed by atoms with van der Waals surface area (Å²) in [5, 5.41) is 0. The Morgan fingerprint density at radius 3 is 2.46 bits per heavy atom. The summed E-state index contributed by atoms with van der Waals surface area (Å²) in [5.41, 5.74) is 0. The van der Waals surface area contributed by atoms with Gasteiger partial charge in [0.25, 0.3) is 0 Å². The summed E-state index contributed by atoms with van der Waals surface area (Å²) >= 11 is 1.63. The molecule has 1 aliphatic rings. The predicted octanol–water partition coefficient (Wildman–Crippen LogP) is -0.508. The van der Waals surface area contributed by atoms with E-state index < -0.39 is 10.1 Å². The normalized spacial score (nSPS) is 16.4. The molecule has 2 heterocycles. The molecule has 0 fully saturated rings. The molecule has 9 heteroatoms. The van der Waals surface area contributed by atoms with E-state index in [2.05, 4.69) is 0 Å². The van der Waals surface area contributed by atoms with Crippen LogP contribution in [-0.4, -0.2) is 32.3 Å². The Hall–Kier alpha value is -0.770. The van der Waals surface area contributed by atoms with Crippen molar-refractivity contribution in [1.82, 2.24) is 0 Å². The first-order chi connectivity index (χ1) is 10.8. The number of ether oxygens (including phenoxy) is 3. The minimum Gasteiger partial charge on any atom is -0.744 e. The van der Waals surface area contributed by atoms with Crippen LogP contribution in [0.15, 0.2) is 29.2 Å². The number of hydrogen-bond acceptors (Lipinski definition) is 7. The van der Waals surface area contributed by atoms with Crippen molar-refractivity contribution in [1.29, 1.82) is 0 Å². The fraction of sp³-hybridized carbons (Fsp3) is 0.333. The number of thiophene rings is 1. The van der Waals surface area contributed by atoms with E-state index in [0.717, 1.165) is 21.3 Å². The smallest absolute Gasteiger partial charge is 0.744 e. The Kier molecular flexibility index (Phi) is 6.22. The average molecular weight is 378 g/mol. The molecule has 1 aromatic heterocycles. The maximum absolute atomic E-state index is 10.9. The third kappa shape index (κ3) is 4.25. The first kappa shape index (κ1) is 19.6. The standard InChI is InChI=1S/C15H16O6S2.Na/c1-9-14-15(10(2)22-9)21-12(8-20-14)7-19-11-3-5-13(6-4-11)23(16,17)18;/h3-6,12H,7-8H2,1-2H3,(H,16,17,18);/q;+1/p-1. The molecule has 0 bridgehead atoms. The van der Waals surface area contributed by atoms with Crippen molar-refractivity contribution in [3.8, 4) is 17.2 Å². The van der Waals surface area contributed by atoms with Crippen molar-refractivity contribution < 1.29 is 56.7 Å². The van der Waals surface area contributed by atoms with Crippen LogP contribution in [0.2, 0.25) is 0 Å². The van der Waals surface area contributed by atoms with Crippen LogP contribution in [0, 0.1) is 13.8 Å². The quantitative estimate of drug-likeness (QED) is 0.526. The van der Waals surface area contributed by atoms with Crippen LogP contribution in [0.5, 0.6) is 17.2 Å². The summed E-state index contributed by atoms with van der Waals surface area (Å²) in [5.74, 6) is 2.03. The Labute approximate surface area is 166 Å². The predicted molar refractivity (Wildman–Crippen MR) is 83.6 cm³/mol. The van der Waals surface area contributed by atoms with Gasteiger partial charge in [0.15, 0.2) is 17.6 Å². The first-order valence-corrected chi connectivity index (χ1v) is 9.15. The Morgan fingerprint density at radius 1 is 1.21 bits per heavy atom. The molecule has 0 saturated heterocycles. The van der Waals surface area contributed by atoms with Gasteiger partial charge in [0, 0.05) is 9.75 Å². The van der Waals surface area contributed by atoms with Gasteiger partial charge in [0.1, 0.15) is 29.1 Å². The molecule has 124 valence electrons. The van der Waals surface area contributed by atoms with Gasteiger partial charge in [-0.15, -0.1) is 11.3 Å². The average Bonchev–Trinajstić information content (AvgIpc) is 2.79. The van der Waals surface area contributed by atoms with E-state index in [4.69, 9.17) is 14.2 Å². The van der Waals surface area contributed by atoms with Gasteiger partial charge in [-0.05, 0) is 38.1 Å². The third-order valence-electron chi connectivity index (χ3n) is 3.40. The van der Waals surface area contributed by atoms with Crippen molar-refractivity contribution in [3.63, 3.8) is 0 Å². The van der Waals surface area contributed by atoms with Crippen molar-refractivity contribution in [2.75, 3.05) is 13.2 Å². The molecule has 1 atom stereocenters. The van der Waals surface area contributed by atoms with E-state index in [1.54, 1.807) is 11.3 Å². The van der Waals surface area contributed by atoms with Crippen LogP contribution >= 0.6 is 11.3 Å². The van der Waals surface area contributed by atoms with Crippen molar-refractivity contribution in [3.05, 3.63) is 34.0 Å². The number of aryl methyl sites for hydroxylation is 2. The molecule has 0 aliphatic carbocycles. The van der Waals surface area contributed by atoms with Crippen molar-refractivity contribution in [2.24, 2.45) is 0 Å². The first-order valence-electron chi connectivity index (χ1n) is 6.93. The van der Waals surface area contributed by atoms with Crippen LogP contribution in [0.4, 0.5) is 0 Å². The fourth-order valence-electron chi connectivity index (χ4n) is 2.30. The second-order valence-corrected chi connectivity index (χ2v) is 7.97. The number of fused-ring (bicyclic) bond motifs is 1. The van der Waals surface area contributed by atoms with Gasteiger partial charge in [0.05, 0.1) is 4.90 Å². The number of hydrogen-bond donors (Lipinski definition) is 0. The zero-order valence-corrected chi connectivity index (χ0v) is 17.2. The minimum atomic E-state index is -4.44. The van der Waals surface area contributed by atoms with Crippen molar-refractivity contribution in [2.45, 2.75) is 24.8 Å². The second kappa shape index (κ2) is 7.63. The zero-order chi connectivity index (χ0) is 16.6. The van der Waals surface area contributed by atoms with Crippen molar-refractivity contribution >= 4 is 21.5 Å². The molecule has 2 aromatic rings. The van der Waals surface area contributed by atoms with Gasteiger partial charge in [-0.25, -0.2) is 8.42 Å². The SMILES string of the molecule is Cc1sc(C)c2c1OCC(COc1ccc(S(=O)(=O)[O-])cc1)O2.[Na+]. The number of benzene rings is 1. The van der Waals surface area contributed by atoms with E-state index in [1.807, 2.05) is 13.8 Å². The van der Waals surface area contributed by atoms with E-state index in [0.29, 0.717) is 12.4 Å². The van der Waals surface area contributed by atoms with Gasteiger partial charge in [-0.3, -0.25) is 0 Å². The summed E-state index contributed by atoms with van der Waals surface area (Å²) in [7, 11) is -4.44. The maximum atomic E-state index is 10.9. The van der Waals surface area contributed by atoms with Gasteiger partial charge < -0.3 is 18.8 Å². The van der Waals surface area contributed by atoms with Crippen LogP contribution in [0.1, 0.15) is 9.75 Å². The molecular formula is C15H15NaO6S2. The molecule has 0 radical (unpaired) electrons. The van der Waals surface area contributed by atoms with E-state index in [-0.39, 0.29) is 47.2 Å². The van der Waals surface area contributed by atoms with Crippen LogP contribution in [0.3, 0.4) is 0 Å². The van der Waals surface area contributed by atoms with Crippen LogP contribution in [-0.2, 0) is 10.1 Å². The molecule has 6 nitrogen and oxygen atoms in total. The number of rotatable bonds is 4. The van der Waals surface area contributed by atoms with E-state index in [9.17, 15) is 13.0 Å². The topological polar surface area (TPSA) is 84.9 Å². The summed E-state index contributed by atoms with van der Waals surface area (Å²) in [6.07, 6.45) is -0.252. The van der Waals surface area contributed by atoms with Gasteiger partial charge in [-0.2, -0.15) is 0 Å². The molecule has 1 aliphatic heterocycles. The largest absolute Gasteiger partial charge is 1.00 e. The Morgan fingerprint density at radius 2 is 1.83 bits per heavy atom. The van der Waals surface area contributed by atoms with E-state index >= 15 is 0 Å². The summed E-state index contributed by atoms with van der Waals surface area (Å²) in [6, 6.07) is 5.33. The summed E-state index contributed by atoms with van der Waals surface area (Å²) in [6.45, 7) is 4.61.